The molecule has 10 heteroatoms. The Morgan fingerprint density at radius 1 is 0.474 bits per heavy atom. The van der Waals surface area contributed by atoms with Crippen LogP contribution >= 0.6 is 0 Å². The Labute approximate surface area is 254 Å². The van der Waals surface area contributed by atoms with Crippen molar-refractivity contribution in [1.82, 2.24) is 0 Å². The SMILES string of the molecule is CCCCCCC(=O)OB(OC(=O)CCCCCC)OC(=O)CCCCCC.CCCCCCC(=O)[O-].[Na+]. The van der Waals surface area contributed by atoms with Gasteiger partial charge < -0.3 is 23.9 Å². The Morgan fingerprint density at radius 3 is 0.974 bits per heavy atom. The summed E-state index contributed by atoms with van der Waals surface area (Å²) in [6.07, 6.45) is 16.2. The second-order valence-corrected chi connectivity index (χ2v) is 9.37. The van der Waals surface area contributed by atoms with Crippen molar-refractivity contribution in [2.75, 3.05) is 0 Å². The van der Waals surface area contributed by atoms with Crippen LogP contribution in [0.25, 0.3) is 0 Å². The van der Waals surface area contributed by atoms with Gasteiger partial charge in [-0.25, -0.2) is 0 Å². The smallest absolute Gasteiger partial charge is 0.550 e. The minimum Gasteiger partial charge on any atom is -0.550 e. The van der Waals surface area contributed by atoms with Crippen LogP contribution in [0.5, 0.6) is 0 Å². The first-order chi connectivity index (χ1) is 17.8. The zero-order valence-corrected chi connectivity index (χ0v) is 27.0. The van der Waals surface area contributed by atoms with E-state index in [1.165, 1.54) is 0 Å². The molecule has 0 amide bonds. The molecule has 0 radical (unpaired) electrons. The van der Waals surface area contributed by atoms with Crippen molar-refractivity contribution in [1.29, 1.82) is 0 Å². The van der Waals surface area contributed by atoms with Crippen molar-refractivity contribution in [3.63, 3.8) is 0 Å². The standard InChI is InChI=1S/C21H39BO6.C7H14O2.Na/c1-4-7-10-13-16-19(23)26-22(27-20(24)17-14-11-8-5-2)28-21(25)18-15-12-9-6-3;1-2-3-4-5-6-7(8)9;/h4-18H2,1-3H3;2-6H2,1H3,(H,8,9);/q;;+1/p-1. The molecule has 0 spiro atoms. The van der Waals surface area contributed by atoms with Gasteiger partial charge in [-0.3, -0.25) is 14.4 Å². The van der Waals surface area contributed by atoms with Crippen LogP contribution in [0.15, 0.2) is 0 Å². The molecule has 216 valence electrons. The van der Waals surface area contributed by atoms with E-state index < -0.39 is 31.2 Å². The van der Waals surface area contributed by atoms with Crippen LogP contribution in [0.1, 0.15) is 156 Å². The Hall–Kier alpha value is -1.06. The molecule has 0 aromatic heterocycles. The molecule has 0 saturated carbocycles. The van der Waals surface area contributed by atoms with Crippen molar-refractivity contribution < 1.29 is 67.8 Å². The fourth-order valence-corrected chi connectivity index (χ4v) is 3.36. The van der Waals surface area contributed by atoms with Gasteiger partial charge in [0, 0.05) is 25.2 Å². The first-order valence-corrected chi connectivity index (χ1v) is 14.6. The zero-order valence-electron chi connectivity index (χ0n) is 25.0. The summed E-state index contributed by atoms with van der Waals surface area (Å²) in [6, 6.07) is 0. The minimum atomic E-state index is -1.57. The number of hydrogen-bond donors (Lipinski definition) is 0. The van der Waals surface area contributed by atoms with Gasteiger partial charge >= 0.3 is 36.9 Å². The molecular weight excluding hydrogens is 498 g/mol. The van der Waals surface area contributed by atoms with E-state index in [9.17, 15) is 24.3 Å². The number of carbonyl (C=O) groups is 4. The van der Waals surface area contributed by atoms with Crippen LogP contribution in [0, 0.1) is 0 Å². The van der Waals surface area contributed by atoms with Gasteiger partial charge in [0.2, 0.25) is 0 Å². The van der Waals surface area contributed by atoms with E-state index in [0.717, 1.165) is 83.5 Å². The average molecular weight is 551 g/mol. The fourth-order valence-electron chi connectivity index (χ4n) is 3.36. The normalized spacial score (nSPS) is 9.89. The van der Waals surface area contributed by atoms with E-state index in [1.807, 2.05) is 0 Å². The molecular formula is C28H52BNaO8. The molecule has 38 heavy (non-hydrogen) atoms. The number of aliphatic carboxylic acids is 1. The molecule has 0 aromatic carbocycles. The molecule has 0 aliphatic carbocycles. The second-order valence-electron chi connectivity index (χ2n) is 9.37. The van der Waals surface area contributed by atoms with Crippen LogP contribution in [0.4, 0.5) is 0 Å². The molecule has 0 saturated heterocycles. The van der Waals surface area contributed by atoms with Crippen LogP contribution in [-0.4, -0.2) is 31.2 Å². The van der Waals surface area contributed by atoms with Gasteiger partial charge in [-0.2, -0.15) is 0 Å². The van der Waals surface area contributed by atoms with Crippen LogP contribution < -0.4 is 34.7 Å². The quantitative estimate of drug-likeness (QED) is 0.141. The van der Waals surface area contributed by atoms with Gasteiger partial charge in [-0.1, -0.05) is 105 Å². The first-order valence-electron chi connectivity index (χ1n) is 14.6. The molecule has 0 atom stereocenters. The molecule has 0 aliphatic heterocycles. The maximum atomic E-state index is 12.0. The third kappa shape index (κ3) is 33.0. The predicted octanol–water partition coefficient (Wildman–Crippen LogP) is 3.22. The average Bonchev–Trinajstić information content (AvgIpc) is 2.85. The fraction of sp³-hybridized carbons (Fsp3) is 0.857. The Morgan fingerprint density at radius 2 is 0.737 bits per heavy atom. The summed E-state index contributed by atoms with van der Waals surface area (Å²) in [5, 5.41) is 9.85. The summed E-state index contributed by atoms with van der Waals surface area (Å²) in [5.41, 5.74) is 0. The molecule has 0 N–H and O–H groups in total. The zero-order chi connectivity index (χ0) is 28.2. The molecule has 0 rings (SSSR count). The van der Waals surface area contributed by atoms with Gasteiger partial charge in [-0.15, -0.1) is 0 Å². The molecule has 0 unspecified atom stereocenters. The molecule has 8 nitrogen and oxygen atoms in total. The van der Waals surface area contributed by atoms with E-state index in [1.54, 1.807) is 0 Å². The van der Waals surface area contributed by atoms with Gasteiger partial charge in [0.25, 0.3) is 17.9 Å². The van der Waals surface area contributed by atoms with Crippen molar-refractivity contribution in [2.24, 2.45) is 0 Å². The van der Waals surface area contributed by atoms with Crippen molar-refractivity contribution in [3.8, 4) is 0 Å². The molecule has 0 bridgehead atoms. The van der Waals surface area contributed by atoms with Gasteiger partial charge in [0.05, 0.1) is 0 Å². The van der Waals surface area contributed by atoms with Gasteiger partial charge in [-0.05, 0) is 32.1 Å². The largest absolute Gasteiger partial charge is 1.00 e. The van der Waals surface area contributed by atoms with E-state index in [4.69, 9.17) is 14.0 Å². The number of hydrogen-bond acceptors (Lipinski definition) is 8. The number of unbranched alkanes of at least 4 members (excludes halogenated alkanes) is 12. The number of carboxylic acid groups (broad SMARTS) is 1. The monoisotopic (exact) mass is 550 g/mol. The summed E-state index contributed by atoms with van der Waals surface area (Å²) in [5.74, 6) is -2.47. The van der Waals surface area contributed by atoms with Crippen molar-refractivity contribution in [2.45, 2.75) is 156 Å². The topological polar surface area (TPSA) is 119 Å². The summed E-state index contributed by atoms with van der Waals surface area (Å²) in [6.45, 7) is 8.37. The van der Waals surface area contributed by atoms with E-state index in [2.05, 4.69) is 27.7 Å². The molecule has 0 heterocycles. The molecule has 0 aromatic rings. The third-order valence-electron chi connectivity index (χ3n) is 5.62. The van der Waals surface area contributed by atoms with E-state index >= 15 is 0 Å². The minimum absolute atomic E-state index is 0. The number of rotatable bonds is 23. The molecule has 0 fully saturated rings. The predicted molar refractivity (Wildman–Crippen MR) is 144 cm³/mol. The third-order valence-corrected chi connectivity index (χ3v) is 5.62. The maximum absolute atomic E-state index is 12.0. The van der Waals surface area contributed by atoms with E-state index in [0.29, 0.717) is 19.3 Å². The Balaban J connectivity index is -0.00000104. The van der Waals surface area contributed by atoms with Crippen LogP contribution in [0.2, 0.25) is 0 Å². The van der Waals surface area contributed by atoms with Gasteiger partial charge in [0.1, 0.15) is 0 Å². The Bertz CT molecular complexity index is 527. The van der Waals surface area contributed by atoms with Crippen molar-refractivity contribution >= 4 is 31.2 Å². The summed E-state index contributed by atoms with van der Waals surface area (Å²) < 4.78 is 15.3. The number of carboxylic acids is 1. The number of carbonyl (C=O) groups excluding carboxylic acids is 4. The Kier molecular flexibility index (Phi) is 35.1. The summed E-state index contributed by atoms with van der Waals surface area (Å²) >= 11 is 0. The molecule has 0 aliphatic rings. The van der Waals surface area contributed by atoms with Crippen molar-refractivity contribution in [3.05, 3.63) is 0 Å². The second kappa shape index (κ2) is 32.2. The van der Waals surface area contributed by atoms with E-state index in [-0.39, 0.29) is 55.2 Å². The first kappa shape index (κ1) is 41.4. The van der Waals surface area contributed by atoms with Gasteiger partial charge in [0.15, 0.2) is 0 Å². The maximum Gasteiger partial charge on any atom is 1.00 e. The van der Waals surface area contributed by atoms with Crippen LogP contribution in [-0.2, 0) is 33.1 Å². The summed E-state index contributed by atoms with van der Waals surface area (Å²) in [4.78, 5) is 45.8. The van der Waals surface area contributed by atoms with Crippen LogP contribution in [0.3, 0.4) is 0 Å². The summed E-state index contributed by atoms with van der Waals surface area (Å²) in [7, 11) is -1.57.